The molecule has 1 fully saturated rings. The number of cyclic esters (lactones) is 1. The topological polar surface area (TPSA) is 127 Å². The Kier molecular flexibility index (Phi) is 7.22. The lowest BCUT2D eigenvalue weighted by Gasteiger charge is -2.14. The molecule has 37 heavy (non-hydrogen) atoms. The average molecular weight is 543 g/mol. The fraction of sp³-hybridized carbons (Fsp3) is 0.320. The van der Waals surface area contributed by atoms with E-state index in [4.69, 9.17) is 9.47 Å². The molecule has 2 amide bonds. The SMILES string of the molecule is COc1ccc2nccc([C@@H]3CN(CCCNS(=O)(=O)c4ccc5c(c4)NC(=O)CCS5)C(=O)O3)c2c1. The highest BCUT2D eigenvalue weighted by Gasteiger charge is 2.33. The summed E-state index contributed by atoms with van der Waals surface area (Å²) in [7, 11) is -2.19. The van der Waals surface area contributed by atoms with Crippen LogP contribution in [-0.4, -0.2) is 62.8 Å². The van der Waals surface area contributed by atoms with E-state index >= 15 is 0 Å². The third-order valence-corrected chi connectivity index (χ3v) is 8.77. The number of carbonyl (C=O) groups excluding carboxylic acids is 2. The van der Waals surface area contributed by atoms with E-state index in [-0.39, 0.29) is 17.3 Å². The van der Waals surface area contributed by atoms with Gasteiger partial charge in [0.25, 0.3) is 0 Å². The summed E-state index contributed by atoms with van der Waals surface area (Å²) in [6.45, 7) is 0.829. The summed E-state index contributed by atoms with van der Waals surface area (Å²) in [5.41, 5.74) is 2.12. The highest BCUT2D eigenvalue weighted by atomic mass is 32.2. The van der Waals surface area contributed by atoms with Crippen LogP contribution in [0, 0.1) is 0 Å². The number of hydrogen-bond donors (Lipinski definition) is 2. The van der Waals surface area contributed by atoms with Gasteiger partial charge < -0.3 is 19.7 Å². The number of anilines is 1. The first-order valence-electron chi connectivity index (χ1n) is 11.8. The van der Waals surface area contributed by atoms with Crippen molar-refractivity contribution < 1.29 is 27.5 Å². The number of sulfonamides is 1. The quantitative estimate of drug-likeness (QED) is 0.414. The van der Waals surface area contributed by atoms with Crippen LogP contribution in [0.2, 0.25) is 0 Å². The molecule has 5 rings (SSSR count). The Balaban J connectivity index is 1.19. The van der Waals surface area contributed by atoms with Crippen molar-refractivity contribution in [2.75, 3.05) is 37.8 Å². The lowest BCUT2D eigenvalue weighted by Crippen LogP contribution is -2.30. The number of methoxy groups -OCH3 is 1. The van der Waals surface area contributed by atoms with Gasteiger partial charge in [0, 0.05) is 47.3 Å². The lowest BCUT2D eigenvalue weighted by atomic mass is 10.0. The molecule has 1 aromatic heterocycles. The second-order valence-electron chi connectivity index (χ2n) is 8.66. The maximum atomic E-state index is 12.8. The van der Waals surface area contributed by atoms with Gasteiger partial charge in [-0.2, -0.15) is 0 Å². The molecule has 2 aliphatic rings. The summed E-state index contributed by atoms with van der Waals surface area (Å²) in [6, 6.07) is 12.1. The van der Waals surface area contributed by atoms with Crippen molar-refractivity contribution in [1.29, 1.82) is 0 Å². The van der Waals surface area contributed by atoms with Crippen LogP contribution in [0.25, 0.3) is 10.9 Å². The van der Waals surface area contributed by atoms with Gasteiger partial charge in [-0.25, -0.2) is 17.9 Å². The number of benzene rings is 2. The first-order valence-corrected chi connectivity index (χ1v) is 14.3. The third-order valence-electron chi connectivity index (χ3n) is 6.24. The predicted molar refractivity (Wildman–Crippen MR) is 139 cm³/mol. The van der Waals surface area contributed by atoms with Crippen LogP contribution in [-0.2, 0) is 19.6 Å². The normalized spacial score (nSPS) is 17.8. The molecular formula is C25H26N4O6S2. The Bertz CT molecular complexity index is 1460. The fourth-order valence-electron chi connectivity index (χ4n) is 4.33. The second-order valence-corrected chi connectivity index (χ2v) is 11.6. The van der Waals surface area contributed by atoms with E-state index in [1.165, 1.54) is 23.9 Å². The molecule has 1 saturated heterocycles. The van der Waals surface area contributed by atoms with E-state index in [2.05, 4.69) is 15.0 Å². The molecule has 10 nitrogen and oxygen atoms in total. The molecule has 2 aromatic carbocycles. The standard InChI is InChI=1S/C25H26N4O6S2/c1-34-16-3-5-20-19(13-16)18(7-10-26-20)22-15-29(25(31)35-22)11-2-9-27-37(32,33)17-4-6-23-21(14-17)28-24(30)8-12-36-23/h3-7,10,13-14,22,27H,2,8-9,11-12,15H2,1H3,(H,28,30)/t22-/m0/s1. The minimum absolute atomic E-state index is 0.0784. The lowest BCUT2D eigenvalue weighted by molar-refractivity contribution is -0.115. The van der Waals surface area contributed by atoms with Crippen LogP contribution in [0.5, 0.6) is 5.75 Å². The number of thioether (sulfide) groups is 1. The van der Waals surface area contributed by atoms with Gasteiger partial charge in [0.05, 0.1) is 29.8 Å². The van der Waals surface area contributed by atoms with E-state index in [0.717, 1.165) is 21.4 Å². The minimum Gasteiger partial charge on any atom is -0.497 e. The molecule has 0 aliphatic carbocycles. The highest BCUT2D eigenvalue weighted by Crippen LogP contribution is 2.34. The zero-order chi connectivity index (χ0) is 26.0. The van der Waals surface area contributed by atoms with Crippen LogP contribution >= 0.6 is 11.8 Å². The Hall–Kier alpha value is -3.35. The number of rotatable bonds is 8. The van der Waals surface area contributed by atoms with Crippen LogP contribution < -0.4 is 14.8 Å². The van der Waals surface area contributed by atoms with Crippen LogP contribution in [0.15, 0.2) is 58.5 Å². The van der Waals surface area contributed by atoms with Gasteiger partial charge in [0.15, 0.2) is 0 Å². The fourth-order valence-corrected chi connectivity index (χ4v) is 6.37. The van der Waals surface area contributed by atoms with Gasteiger partial charge in [-0.3, -0.25) is 9.78 Å². The largest absolute Gasteiger partial charge is 0.497 e. The zero-order valence-corrected chi connectivity index (χ0v) is 21.7. The molecule has 2 N–H and O–H groups in total. The summed E-state index contributed by atoms with van der Waals surface area (Å²) in [5, 5.41) is 3.61. The highest BCUT2D eigenvalue weighted by molar-refractivity contribution is 7.99. The Morgan fingerprint density at radius 3 is 2.92 bits per heavy atom. The van der Waals surface area contributed by atoms with Gasteiger partial charge in [-0.15, -0.1) is 11.8 Å². The summed E-state index contributed by atoms with van der Waals surface area (Å²) >= 11 is 1.51. The summed E-state index contributed by atoms with van der Waals surface area (Å²) in [6.07, 6.45) is 1.56. The predicted octanol–water partition coefficient (Wildman–Crippen LogP) is 3.54. The van der Waals surface area contributed by atoms with Gasteiger partial charge in [0.1, 0.15) is 11.9 Å². The zero-order valence-electron chi connectivity index (χ0n) is 20.1. The van der Waals surface area contributed by atoms with Crippen molar-refractivity contribution in [3.05, 3.63) is 54.2 Å². The number of aromatic nitrogens is 1. The Morgan fingerprint density at radius 1 is 1.22 bits per heavy atom. The van der Waals surface area contributed by atoms with E-state index in [0.29, 0.717) is 43.1 Å². The molecule has 0 spiro atoms. The summed E-state index contributed by atoms with van der Waals surface area (Å²) in [5.74, 6) is 1.20. The van der Waals surface area contributed by atoms with Crippen molar-refractivity contribution in [3.8, 4) is 5.75 Å². The van der Waals surface area contributed by atoms with Crippen LogP contribution in [0.4, 0.5) is 10.5 Å². The first kappa shape index (κ1) is 25.3. The van der Waals surface area contributed by atoms with Crippen molar-refractivity contribution in [2.45, 2.75) is 28.7 Å². The average Bonchev–Trinajstić information content (AvgIpc) is 3.15. The molecule has 0 unspecified atom stereocenters. The van der Waals surface area contributed by atoms with E-state index < -0.39 is 22.2 Å². The van der Waals surface area contributed by atoms with Crippen molar-refractivity contribution in [2.24, 2.45) is 0 Å². The number of carbonyl (C=O) groups is 2. The molecule has 12 heteroatoms. The van der Waals surface area contributed by atoms with Crippen molar-refractivity contribution >= 4 is 50.4 Å². The number of pyridine rings is 1. The Morgan fingerprint density at radius 2 is 2.08 bits per heavy atom. The molecule has 3 aromatic rings. The van der Waals surface area contributed by atoms with Crippen LogP contribution in [0.3, 0.4) is 0 Å². The molecule has 0 radical (unpaired) electrons. The molecule has 3 heterocycles. The van der Waals surface area contributed by atoms with Gasteiger partial charge in [0.2, 0.25) is 15.9 Å². The van der Waals surface area contributed by atoms with Gasteiger partial charge in [-0.05, 0) is 48.9 Å². The number of ether oxygens (including phenoxy) is 2. The van der Waals surface area contributed by atoms with Crippen molar-refractivity contribution in [3.63, 3.8) is 0 Å². The molecule has 2 aliphatic heterocycles. The second kappa shape index (κ2) is 10.6. The first-order chi connectivity index (χ1) is 17.8. The van der Waals surface area contributed by atoms with Gasteiger partial charge >= 0.3 is 6.09 Å². The molecule has 194 valence electrons. The number of nitrogens with one attached hydrogen (secondary N) is 2. The number of nitrogens with zero attached hydrogens (tertiary/aromatic N) is 2. The van der Waals surface area contributed by atoms with Crippen molar-refractivity contribution in [1.82, 2.24) is 14.6 Å². The molecular weight excluding hydrogens is 516 g/mol. The van der Waals surface area contributed by atoms with E-state index in [1.807, 2.05) is 24.3 Å². The smallest absolute Gasteiger partial charge is 0.410 e. The Labute approximate surface area is 218 Å². The van der Waals surface area contributed by atoms with Crippen LogP contribution in [0.1, 0.15) is 24.5 Å². The molecule has 0 bridgehead atoms. The van der Waals surface area contributed by atoms with Gasteiger partial charge in [-0.1, -0.05) is 0 Å². The summed E-state index contributed by atoms with van der Waals surface area (Å²) in [4.78, 5) is 31.2. The van der Waals surface area contributed by atoms with E-state index in [1.54, 1.807) is 24.3 Å². The molecule has 0 saturated carbocycles. The number of fused-ring (bicyclic) bond motifs is 2. The maximum Gasteiger partial charge on any atom is 0.410 e. The molecule has 1 atom stereocenters. The third kappa shape index (κ3) is 5.50. The monoisotopic (exact) mass is 542 g/mol. The minimum atomic E-state index is -3.78. The summed E-state index contributed by atoms with van der Waals surface area (Å²) < 4.78 is 39.1. The maximum absolute atomic E-state index is 12.8. The number of amides is 2. The number of hydrogen-bond acceptors (Lipinski definition) is 8. The van der Waals surface area contributed by atoms with E-state index in [9.17, 15) is 18.0 Å².